The predicted octanol–water partition coefficient (Wildman–Crippen LogP) is 3.40. The van der Waals surface area contributed by atoms with Crippen molar-refractivity contribution in [2.75, 3.05) is 25.1 Å². The summed E-state index contributed by atoms with van der Waals surface area (Å²) in [5.74, 6) is 0.0512. The standard InChI is InChI=1S/C22H28N2O4/c1-5-27-19-10-8-17(14-20(19)28-6-2)11-12-23-21(25)22(26)24-18-9-7-15(3)13-16(18)4/h7-10,13-14H,5-6,11-12H2,1-4H3,(H,23,25)(H,24,26). The van der Waals surface area contributed by atoms with E-state index in [2.05, 4.69) is 10.6 Å². The molecule has 0 aliphatic heterocycles. The highest BCUT2D eigenvalue weighted by Gasteiger charge is 2.14. The van der Waals surface area contributed by atoms with Gasteiger partial charge in [-0.05, 0) is 63.4 Å². The molecule has 0 unspecified atom stereocenters. The molecule has 0 aromatic heterocycles. The first-order valence-corrected chi connectivity index (χ1v) is 9.49. The van der Waals surface area contributed by atoms with Gasteiger partial charge in [0.15, 0.2) is 11.5 Å². The van der Waals surface area contributed by atoms with Crippen LogP contribution in [0, 0.1) is 13.8 Å². The molecular formula is C22H28N2O4. The Morgan fingerprint density at radius 2 is 1.61 bits per heavy atom. The first kappa shape index (κ1) is 21.3. The van der Waals surface area contributed by atoms with Crippen molar-refractivity contribution in [3.05, 3.63) is 53.1 Å². The van der Waals surface area contributed by atoms with Crippen molar-refractivity contribution in [2.24, 2.45) is 0 Å². The number of hydrogen-bond acceptors (Lipinski definition) is 4. The lowest BCUT2D eigenvalue weighted by molar-refractivity contribution is -0.136. The largest absolute Gasteiger partial charge is 0.490 e. The van der Waals surface area contributed by atoms with Crippen molar-refractivity contribution in [3.63, 3.8) is 0 Å². The van der Waals surface area contributed by atoms with E-state index in [4.69, 9.17) is 9.47 Å². The molecule has 0 saturated heterocycles. The van der Waals surface area contributed by atoms with Crippen LogP contribution in [0.4, 0.5) is 5.69 Å². The van der Waals surface area contributed by atoms with Crippen molar-refractivity contribution >= 4 is 17.5 Å². The number of carbonyl (C=O) groups is 2. The lowest BCUT2D eigenvalue weighted by atomic mass is 10.1. The quantitative estimate of drug-likeness (QED) is 0.684. The minimum atomic E-state index is -0.673. The monoisotopic (exact) mass is 384 g/mol. The molecule has 2 aromatic carbocycles. The third kappa shape index (κ3) is 6.01. The zero-order valence-corrected chi connectivity index (χ0v) is 16.9. The van der Waals surface area contributed by atoms with E-state index in [9.17, 15) is 9.59 Å². The Labute approximate surface area is 166 Å². The van der Waals surface area contributed by atoms with Gasteiger partial charge in [-0.15, -0.1) is 0 Å². The second-order valence-electron chi connectivity index (χ2n) is 6.43. The number of anilines is 1. The summed E-state index contributed by atoms with van der Waals surface area (Å²) in [4.78, 5) is 24.1. The van der Waals surface area contributed by atoms with Crippen LogP contribution in [0.2, 0.25) is 0 Å². The summed E-state index contributed by atoms with van der Waals surface area (Å²) in [7, 11) is 0. The maximum Gasteiger partial charge on any atom is 0.313 e. The smallest absolute Gasteiger partial charge is 0.313 e. The molecule has 2 aromatic rings. The van der Waals surface area contributed by atoms with Gasteiger partial charge in [0.25, 0.3) is 0 Å². The normalized spacial score (nSPS) is 10.3. The van der Waals surface area contributed by atoms with Gasteiger partial charge in [-0.25, -0.2) is 0 Å². The lowest BCUT2D eigenvalue weighted by Crippen LogP contribution is -2.36. The highest BCUT2D eigenvalue weighted by atomic mass is 16.5. The van der Waals surface area contributed by atoms with Crippen molar-refractivity contribution in [1.29, 1.82) is 0 Å². The molecule has 0 spiro atoms. The number of rotatable bonds is 8. The van der Waals surface area contributed by atoms with Crippen molar-refractivity contribution < 1.29 is 19.1 Å². The average molecular weight is 384 g/mol. The molecule has 0 aliphatic rings. The summed E-state index contributed by atoms with van der Waals surface area (Å²) in [5.41, 5.74) is 3.64. The molecule has 0 bridgehead atoms. The second-order valence-corrected chi connectivity index (χ2v) is 6.43. The molecule has 0 radical (unpaired) electrons. The van der Waals surface area contributed by atoms with Crippen LogP contribution in [0.15, 0.2) is 36.4 Å². The molecule has 6 nitrogen and oxygen atoms in total. The van der Waals surface area contributed by atoms with Gasteiger partial charge in [-0.3, -0.25) is 9.59 Å². The molecule has 0 fully saturated rings. The third-order valence-electron chi connectivity index (χ3n) is 4.14. The molecule has 0 saturated carbocycles. The fraction of sp³-hybridized carbons (Fsp3) is 0.364. The molecule has 0 aliphatic carbocycles. The van der Waals surface area contributed by atoms with Gasteiger partial charge in [0.2, 0.25) is 0 Å². The van der Waals surface area contributed by atoms with Crippen LogP contribution in [0.5, 0.6) is 11.5 Å². The number of nitrogens with one attached hydrogen (secondary N) is 2. The second kappa shape index (κ2) is 10.3. The van der Waals surface area contributed by atoms with Crippen LogP contribution in [0.1, 0.15) is 30.5 Å². The molecule has 6 heteroatoms. The van der Waals surface area contributed by atoms with Gasteiger partial charge >= 0.3 is 11.8 Å². The fourth-order valence-electron chi connectivity index (χ4n) is 2.78. The van der Waals surface area contributed by atoms with Crippen LogP contribution >= 0.6 is 0 Å². The summed E-state index contributed by atoms with van der Waals surface area (Å²) in [6, 6.07) is 11.3. The van der Waals surface area contributed by atoms with Crippen LogP contribution < -0.4 is 20.1 Å². The number of carbonyl (C=O) groups excluding carboxylic acids is 2. The Hall–Kier alpha value is -3.02. The predicted molar refractivity (Wildman–Crippen MR) is 110 cm³/mol. The molecule has 2 N–H and O–H groups in total. The van der Waals surface area contributed by atoms with Gasteiger partial charge in [0.05, 0.1) is 13.2 Å². The Balaban J connectivity index is 1.88. The van der Waals surface area contributed by atoms with E-state index in [1.54, 1.807) is 6.07 Å². The topological polar surface area (TPSA) is 76.7 Å². The van der Waals surface area contributed by atoms with E-state index in [0.29, 0.717) is 43.4 Å². The Bertz CT molecular complexity index is 833. The van der Waals surface area contributed by atoms with E-state index in [1.807, 2.05) is 58.0 Å². The number of ether oxygens (including phenoxy) is 2. The minimum Gasteiger partial charge on any atom is -0.490 e. The third-order valence-corrected chi connectivity index (χ3v) is 4.14. The van der Waals surface area contributed by atoms with E-state index in [-0.39, 0.29) is 0 Å². The van der Waals surface area contributed by atoms with Gasteiger partial charge in [-0.2, -0.15) is 0 Å². The molecule has 0 heterocycles. The number of hydrogen-bond donors (Lipinski definition) is 2. The number of amides is 2. The van der Waals surface area contributed by atoms with Gasteiger partial charge in [-0.1, -0.05) is 23.8 Å². The maximum atomic E-state index is 12.1. The minimum absolute atomic E-state index is 0.346. The zero-order chi connectivity index (χ0) is 20.5. The summed E-state index contributed by atoms with van der Waals surface area (Å²) in [5, 5.41) is 5.30. The maximum absolute atomic E-state index is 12.1. The van der Waals surface area contributed by atoms with Crippen LogP contribution in [-0.4, -0.2) is 31.6 Å². The highest BCUT2D eigenvalue weighted by molar-refractivity contribution is 6.39. The zero-order valence-electron chi connectivity index (χ0n) is 16.9. The average Bonchev–Trinajstić information content (AvgIpc) is 2.66. The molecule has 0 atom stereocenters. The molecule has 2 rings (SSSR count). The number of aryl methyl sites for hydroxylation is 2. The Kier molecular flexibility index (Phi) is 7.87. The van der Waals surface area contributed by atoms with E-state index in [0.717, 1.165) is 16.7 Å². The first-order valence-electron chi connectivity index (χ1n) is 9.49. The first-order chi connectivity index (χ1) is 13.4. The van der Waals surface area contributed by atoms with Crippen molar-refractivity contribution in [3.8, 4) is 11.5 Å². The van der Waals surface area contributed by atoms with Gasteiger partial charge in [0.1, 0.15) is 0 Å². The van der Waals surface area contributed by atoms with E-state index >= 15 is 0 Å². The Morgan fingerprint density at radius 1 is 0.893 bits per heavy atom. The highest BCUT2D eigenvalue weighted by Crippen LogP contribution is 2.28. The molecular weight excluding hydrogens is 356 g/mol. The van der Waals surface area contributed by atoms with Crippen LogP contribution in [0.25, 0.3) is 0 Å². The van der Waals surface area contributed by atoms with Crippen molar-refractivity contribution in [2.45, 2.75) is 34.1 Å². The summed E-state index contributed by atoms with van der Waals surface area (Å²) in [6.45, 7) is 9.15. The van der Waals surface area contributed by atoms with Crippen LogP contribution in [-0.2, 0) is 16.0 Å². The molecule has 28 heavy (non-hydrogen) atoms. The van der Waals surface area contributed by atoms with E-state index in [1.165, 1.54) is 0 Å². The summed E-state index contributed by atoms with van der Waals surface area (Å²) < 4.78 is 11.1. The fourth-order valence-corrected chi connectivity index (χ4v) is 2.78. The molecule has 150 valence electrons. The van der Waals surface area contributed by atoms with Crippen molar-refractivity contribution in [1.82, 2.24) is 5.32 Å². The summed E-state index contributed by atoms with van der Waals surface area (Å²) >= 11 is 0. The lowest BCUT2D eigenvalue weighted by Gasteiger charge is -2.13. The van der Waals surface area contributed by atoms with Crippen LogP contribution in [0.3, 0.4) is 0 Å². The number of benzene rings is 2. The van der Waals surface area contributed by atoms with Gasteiger partial charge < -0.3 is 20.1 Å². The van der Waals surface area contributed by atoms with E-state index < -0.39 is 11.8 Å². The molecule has 2 amide bonds. The van der Waals surface area contributed by atoms with Gasteiger partial charge in [0, 0.05) is 12.2 Å². The Morgan fingerprint density at radius 3 is 2.29 bits per heavy atom. The SMILES string of the molecule is CCOc1ccc(CCNC(=O)C(=O)Nc2ccc(C)cc2C)cc1OCC. The summed E-state index contributed by atoms with van der Waals surface area (Å²) in [6.07, 6.45) is 0.578.